The van der Waals surface area contributed by atoms with Gasteiger partial charge in [-0.3, -0.25) is 10.2 Å². The summed E-state index contributed by atoms with van der Waals surface area (Å²) in [5.41, 5.74) is 0.475. The molecule has 1 aliphatic heterocycles. The number of hydrogen-bond donors (Lipinski definition) is 1. The molecule has 2 rings (SSSR count). The summed E-state index contributed by atoms with van der Waals surface area (Å²) >= 11 is 0. The SMILES string of the molecule is CCCNC(C#N)(CN1CC(C)CC1C)c1ccccc1. The van der Waals surface area contributed by atoms with E-state index in [9.17, 15) is 5.26 Å². The summed E-state index contributed by atoms with van der Waals surface area (Å²) in [6.07, 6.45) is 2.26. The van der Waals surface area contributed by atoms with Gasteiger partial charge in [0, 0.05) is 19.1 Å². The molecule has 3 heteroatoms. The van der Waals surface area contributed by atoms with Crippen LogP contribution in [0.2, 0.25) is 0 Å². The minimum Gasteiger partial charge on any atom is -0.297 e. The smallest absolute Gasteiger partial charge is 0.145 e. The van der Waals surface area contributed by atoms with Crippen LogP contribution in [0.25, 0.3) is 0 Å². The van der Waals surface area contributed by atoms with E-state index in [2.05, 4.69) is 49.2 Å². The average molecular weight is 285 g/mol. The highest BCUT2D eigenvalue weighted by molar-refractivity contribution is 5.32. The summed E-state index contributed by atoms with van der Waals surface area (Å²) in [7, 11) is 0. The molecule has 1 saturated heterocycles. The molecule has 3 atom stereocenters. The summed E-state index contributed by atoms with van der Waals surface area (Å²) in [5.74, 6) is 0.721. The van der Waals surface area contributed by atoms with Crippen LogP contribution in [-0.2, 0) is 5.54 Å². The zero-order valence-corrected chi connectivity index (χ0v) is 13.5. The van der Waals surface area contributed by atoms with Crippen molar-refractivity contribution in [2.75, 3.05) is 19.6 Å². The van der Waals surface area contributed by atoms with Crippen LogP contribution in [0, 0.1) is 17.2 Å². The molecule has 1 N–H and O–H groups in total. The van der Waals surface area contributed by atoms with Gasteiger partial charge in [-0.1, -0.05) is 44.2 Å². The number of benzene rings is 1. The predicted molar refractivity (Wildman–Crippen MR) is 86.8 cm³/mol. The fraction of sp³-hybridized carbons (Fsp3) is 0.611. The van der Waals surface area contributed by atoms with Crippen molar-refractivity contribution in [2.45, 2.75) is 45.2 Å². The Labute approximate surface area is 129 Å². The molecule has 1 fully saturated rings. The highest BCUT2D eigenvalue weighted by Crippen LogP contribution is 2.28. The monoisotopic (exact) mass is 285 g/mol. The molecule has 0 bridgehead atoms. The molecule has 1 aliphatic rings. The molecule has 0 radical (unpaired) electrons. The molecule has 0 aliphatic carbocycles. The van der Waals surface area contributed by atoms with E-state index in [1.54, 1.807) is 0 Å². The van der Waals surface area contributed by atoms with Gasteiger partial charge in [-0.2, -0.15) is 5.26 Å². The maximum Gasteiger partial charge on any atom is 0.145 e. The van der Waals surface area contributed by atoms with Gasteiger partial charge in [0.05, 0.1) is 6.07 Å². The van der Waals surface area contributed by atoms with E-state index in [0.717, 1.165) is 37.5 Å². The van der Waals surface area contributed by atoms with Crippen molar-refractivity contribution < 1.29 is 0 Å². The lowest BCUT2D eigenvalue weighted by atomic mass is 9.90. The summed E-state index contributed by atoms with van der Waals surface area (Å²) in [6.45, 7) is 9.42. The summed E-state index contributed by atoms with van der Waals surface area (Å²) in [4.78, 5) is 2.46. The third kappa shape index (κ3) is 3.64. The second-order valence-corrected chi connectivity index (χ2v) is 6.43. The number of nitriles is 1. The number of rotatable bonds is 6. The molecule has 0 aromatic heterocycles. The first-order chi connectivity index (χ1) is 10.1. The van der Waals surface area contributed by atoms with Crippen LogP contribution < -0.4 is 5.32 Å². The second kappa shape index (κ2) is 7.06. The lowest BCUT2D eigenvalue weighted by Crippen LogP contribution is -2.51. The van der Waals surface area contributed by atoms with Crippen molar-refractivity contribution in [3.8, 4) is 6.07 Å². The first-order valence-electron chi connectivity index (χ1n) is 8.07. The van der Waals surface area contributed by atoms with Crippen LogP contribution in [-0.4, -0.2) is 30.6 Å². The largest absolute Gasteiger partial charge is 0.297 e. The lowest BCUT2D eigenvalue weighted by molar-refractivity contribution is 0.203. The van der Waals surface area contributed by atoms with Gasteiger partial charge in [-0.05, 0) is 37.8 Å². The molecule has 1 aromatic rings. The molecule has 0 amide bonds. The maximum absolute atomic E-state index is 9.93. The van der Waals surface area contributed by atoms with Gasteiger partial charge in [0.2, 0.25) is 0 Å². The van der Waals surface area contributed by atoms with Crippen LogP contribution in [0.3, 0.4) is 0 Å². The Morgan fingerprint density at radius 1 is 1.33 bits per heavy atom. The van der Waals surface area contributed by atoms with Crippen LogP contribution in [0.1, 0.15) is 39.2 Å². The molecule has 3 nitrogen and oxygen atoms in total. The number of nitrogens with zero attached hydrogens (tertiary/aromatic N) is 2. The summed E-state index contributed by atoms with van der Waals surface area (Å²) in [5, 5.41) is 13.4. The van der Waals surface area contributed by atoms with Gasteiger partial charge in [0.25, 0.3) is 0 Å². The van der Waals surface area contributed by atoms with Crippen molar-refractivity contribution >= 4 is 0 Å². The van der Waals surface area contributed by atoms with E-state index in [1.165, 1.54) is 6.42 Å². The standard InChI is InChI=1S/C18H27N3/c1-4-10-20-18(13-19,17-8-6-5-7-9-17)14-21-12-15(2)11-16(21)3/h5-9,15-16,20H,4,10-12,14H2,1-3H3. The van der Waals surface area contributed by atoms with Crippen LogP contribution >= 0.6 is 0 Å². The molecule has 1 aromatic carbocycles. The highest BCUT2D eigenvalue weighted by Gasteiger charge is 2.37. The van der Waals surface area contributed by atoms with Gasteiger partial charge < -0.3 is 0 Å². The molecular formula is C18H27N3. The zero-order valence-electron chi connectivity index (χ0n) is 13.5. The summed E-state index contributed by atoms with van der Waals surface area (Å²) < 4.78 is 0. The quantitative estimate of drug-likeness (QED) is 0.873. The Kier molecular flexibility index (Phi) is 5.39. The molecule has 21 heavy (non-hydrogen) atoms. The Morgan fingerprint density at radius 2 is 2.05 bits per heavy atom. The summed E-state index contributed by atoms with van der Waals surface area (Å²) in [6, 6.07) is 13.3. The zero-order chi connectivity index (χ0) is 15.3. The van der Waals surface area contributed by atoms with Gasteiger partial charge in [0.1, 0.15) is 5.54 Å². The van der Waals surface area contributed by atoms with E-state index >= 15 is 0 Å². The van der Waals surface area contributed by atoms with Crippen molar-refractivity contribution in [1.82, 2.24) is 10.2 Å². The molecule has 1 heterocycles. The molecule has 0 saturated carbocycles. The van der Waals surface area contributed by atoms with Gasteiger partial charge in [-0.15, -0.1) is 0 Å². The van der Waals surface area contributed by atoms with Crippen LogP contribution in [0.5, 0.6) is 0 Å². The lowest BCUT2D eigenvalue weighted by Gasteiger charge is -2.34. The molecule has 0 spiro atoms. The number of hydrogen-bond acceptors (Lipinski definition) is 3. The third-order valence-corrected chi connectivity index (χ3v) is 4.49. The maximum atomic E-state index is 9.93. The predicted octanol–water partition coefficient (Wildman–Crippen LogP) is 3.14. The molecular weight excluding hydrogens is 258 g/mol. The second-order valence-electron chi connectivity index (χ2n) is 6.43. The van der Waals surface area contributed by atoms with E-state index in [1.807, 2.05) is 18.2 Å². The fourth-order valence-electron chi connectivity index (χ4n) is 3.36. The van der Waals surface area contributed by atoms with Crippen molar-refractivity contribution in [3.05, 3.63) is 35.9 Å². The topological polar surface area (TPSA) is 39.1 Å². The number of nitrogens with one attached hydrogen (secondary N) is 1. The highest BCUT2D eigenvalue weighted by atomic mass is 15.2. The Morgan fingerprint density at radius 3 is 2.57 bits per heavy atom. The van der Waals surface area contributed by atoms with Crippen molar-refractivity contribution in [2.24, 2.45) is 5.92 Å². The minimum absolute atomic E-state index is 0.555. The Bertz CT molecular complexity index is 479. The number of likely N-dealkylation sites (tertiary alicyclic amines) is 1. The van der Waals surface area contributed by atoms with E-state index < -0.39 is 5.54 Å². The first-order valence-corrected chi connectivity index (χ1v) is 8.07. The molecule has 3 unspecified atom stereocenters. The van der Waals surface area contributed by atoms with E-state index in [0.29, 0.717) is 6.04 Å². The third-order valence-electron chi connectivity index (χ3n) is 4.49. The fourth-order valence-corrected chi connectivity index (χ4v) is 3.36. The minimum atomic E-state index is -0.602. The molecule has 114 valence electrons. The Hall–Kier alpha value is -1.37. The van der Waals surface area contributed by atoms with Gasteiger partial charge in [-0.25, -0.2) is 0 Å². The Balaban J connectivity index is 2.25. The van der Waals surface area contributed by atoms with E-state index in [4.69, 9.17) is 0 Å². The van der Waals surface area contributed by atoms with Crippen molar-refractivity contribution in [3.63, 3.8) is 0 Å². The normalized spacial score (nSPS) is 25.4. The van der Waals surface area contributed by atoms with E-state index in [-0.39, 0.29) is 0 Å². The van der Waals surface area contributed by atoms with Gasteiger partial charge >= 0.3 is 0 Å². The van der Waals surface area contributed by atoms with Crippen molar-refractivity contribution in [1.29, 1.82) is 5.26 Å². The van der Waals surface area contributed by atoms with Crippen LogP contribution in [0.4, 0.5) is 0 Å². The average Bonchev–Trinajstić information content (AvgIpc) is 2.82. The van der Waals surface area contributed by atoms with Gasteiger partial charge in [0.15, 0.2) is 0 Å². The first kappa shape index (κ1) is 16.0. The van der Waals surface area contributed by atoms with Crippen LogP contribution in [0.15, 0.2) is 30.3 Å².